The largest absolute Gasteiger partial charge is 0.325 e. The Hall–Kier alpha value is -2.35. The fourth-order valence-corrected chi connectivity index (χ4v) is 1.85. The molecule has 0 spiro atoms. The van der Waals surface area contributed by atoms with Gasteiger partial charge in [0.1, 0.15) is 0 Å². The van der Waals surface area contributed by atoms with Crippen molar-refractivity contribution in [3.05, 3.63) is 58.9 Å². The molecule has 104 valence electrons. The first-order valence-corrected chi connectivity index (χ1v) is 6.76. The van der Waals surface area contributed by atoms with Gasteiger partial charge in [-0.25, -0.2) is 0 Å². The maximum absolute atomic E-state index is 5.62. The van der Waals surface area contributed by atoms with Crippen molar-refractivity contribution in [3.8, 4) is 11.8 Å². The Morgan fingerprint density at radius 3 is 2.05 bits per heavy atom. The van der Waals surface area contributed by atoms with E-state index in [-0.39, 0.29) is 0 Å². The van der Waals surface area contributed by atoms with E-state index in [2.05, 4.69) is 39.2 Å². The number of rotatable bonds is 3. The number of hydrogen-bond acceptors (Lipinski definition) is 5. The number of nitrogens with two attached hydrogens (primary N) is 2. The van der Waals surface area contributed by atoms with Gasteiger partial charge in [-0.2, -0.15) is 4.99 Å². The molecule has 0 atom stereocenters. The first-order chi connectivity index (χ1) is 10.2. The van der Waals surface area contributed by atoms with Gasteiger partial charge in [0.2, 0.25) is 0 Å². The van der Waals surface area contributed by atoms with Crippen LogP contribution >= 0.6 is 12.2 Å². The summed E-state index contributed by atoms with van der Waals surface area (Å²) < 4.78 is 0. The van der Waals surface area contributed by atoms with E-state index in [9.17, 15) is 0 Å². The lowest BCUT2D eigenvalue weighted by Gasteiger charge is -2.01. The van der Waals surface area contributed by atoms with Gasteiger partial charge >= 0.3 is 0 Å². The third kappa shape index (κ3) is 4.32. The van der Waals surface area contributed by atoms with Gasteiger partial charge in [-0.1, -0.05) is 11.8 Å². The van der Waals surface area contributed by atoms with Crippen molar-refractivity contribution in [2.75, 3.05) is 0 Å². The Bertz CT molecular complexity index is 713. The lowest BCUT2D eigenvalue weighted by atomic mass is 10.1. The van der Waals surface area contributed by atoms with Gasteiger partial charge in [0.15, 0.2) is 0 Å². The van der Waals surface area contributed by atoms with Crippen LogP contribution in [0, 0.1) is 11.8 Å². The third-order valence-corrected chi connectivity index (χ3v) is 2.83. The second-order valence-corrected chi connectivity index (χ2v) is 4.43. The molecule has 1 heterocycles. The second-order valence-electron chi connectivity index (χ2n) is 4.25. The predicted molar refractivity (Wildman–Crippen MR) is 87.1 cm³/mol. The number of hydrogen-bond donors (Lipinski definition) is 2. The summed E-state index contributed by atoms with van der Waals surface area (Å²) in [6.07, 6.45) is 0. The fraction of sp³-hybridized carbons (Fsp3) is 0.125. The maximum Gasteiger partial charge on any atom is 0.0740 e. The highest BCUT2D eigenvalue weighted by molar-refractivity contribution is 7.78. The average molecular weight is 294 g/mol. The van der Waals surface area contributed by atoms with Crippen LogP contribution in [-0.4, -0.2) is 10.1 Å². The van der Waals surface area contributed by atoms with Gasteiger partial charge in [-0.05, 0) is 48.6 Å². The number of isothiocyanates is 1. The van der Waals surface area contributed by atoms with E-state index in [1.165, 1.54) is 0 Å². The summed E-state index contributed by atoms with van der Waals surface area (Å²) in [5, 5.41) is 2.33. The van der Waals surface area contributed by atoms with E-state index < -0.39 is 0 Å². The molecule has 2 aromatic rings. The fourth-order valence-electron chi connectivity index (χ4n) is 1.75. The Morgan fingerprint density at radius 1 is 0.952 bits per heavy atom. The molecule has 0 fully saturated rings. The summed E-state index contributed by atoms with van der Waals surface area (Å²) in [5.74, 6) is 6.18. The summed E-state index contributed by atoms with van der Waals surface area (Å²) in [6.45, 7) is 0.736. The number of thiocarbonyl (C=S) groups is 1. The maximum atomic E-state index is 5.62. The number of aromatic nitrogens is 1. The van der Waals surface area contributed by atoms with E-state index in [0.29, 0.717) is 13.1 Å². The molecule has 0 saturated carbocycles. The molecule has 0 unspecified atom stereocenters. The van der Waals surface area contributed by atoms with Crippen LogP contribution in [0.15, 0.2) is 41.4 Å². The number of pyridine rings is 1. The van der Waals surface area contributed by atoms with Crippen molar-refractivity contribution >= 4 is 23.1 Å². The minimum Gasteiger partial charge on any atom is -0.325 e. The van der Waals surface area contributed by atoms with Gasteiger partial charge in [0, 0.05) is 24.2 Å². The summed E-state index contributed by atoms with van der Waals surface area (Å²) in [5.41, 5.74) is 15.3. The third-order valence-electron chi connectivity index (χ3n) is 2.74. The smallest absolute Gasteiger partial charge is 0.0740 e. The highest BCUT2D eigenvalue weighted by atomic mass is 32.1. The lowest BCUT2D eigenvalue weighted by Crippen LogP contribution is -2.06. The van der Waals surface area contributed by atoms with E-state index in [1.807, 2.05) is 36.4 Å². The van der Waals surface area contributed by atoms with Gasteiger partial charge in [-0.15, -0.1) is 0 Å². The number of nitrogens with zero attached hydrogens (tertiary/aromatic N) is 2. The number of benzene rings is 1. The topological polar surface area (TPSA) is 77.3 Å². The zero-order valence-electron chi connectivity index (χ0n) is 11.3. The quantitative estimate of drug-likeness (QED) is 0.516. The molecule has 4 N–H and O–H groups in total. The minimum atomic E-state index is 0.368. The Morgan fingerprint density at radius 2 is 1.52 bits per heavy atom. The molecule has 4 nitrogen and oxygen atoms in total. The van der Waals surface area contributed by atoms with Crippen molar-refractivity contribution in [3.63, 3.8) is 0 Å². The molecule has 0 saturated heterocycles. The van der Waals surface area contributed by atoms with Crippen molar-refractivity contribution in [1.82, 2.24) is 4.98 Å². The van der Waals surface area contributed by atoms with Crippen LogP contribution < -0.4 is 11.5 Å². The molecule has 0 aliphatic carbocycles. The first-order valence-electron chi connectivity index (χ1n) is 6.35. The van der Waals surface area contributed by atoms with Crippen LogP contribution in [-0.2, 0) is 13.1 Å². The van der Waals surface area contributed by atoms with Crippen LogP contribution in [0.1, 0.15) is 22.5 Å². The monoisotopic (exact) mass is 294 g/mol. The molecule has 0 bridgehead atoms. The predicted octanol–water partition coefficient (Wildman–Crippen LogP) is 2.13. The zero-order chi connectivity index (χ0) is 15.1. The van der Waals surface area contributed by atoms with Crippen molar-refractivity contribution in [2.45, 2.75) is 13.1 Å². The van der Waals surface area contributed by atoms with Gasteiger partial charge < -0.3 is 11.5 Å². The van der Waals surface area contributed by atoms with Crippen LogP contribution in [0.3, 0.4) is 0 Å². The average Bonchev–Trinajstić information content (AvgIpc) is 2.54. The summed E-state index contributed by atoms with van der Waals surface area (Å²) >= 11 is 4.56. The first kappa shape index (κ1) is 15.0. The standard InChI is InChI=1S/C16H14N4S/c17-9-15-7-13(8-16(10-18)20-15)2-1-12-3-5-14(6-4-12)19-11-21/h3-8H,9-10,17-18H2. The van der Waals surface area contributed by atoms with Gasteiger partial charge in [0.25, 0.3) is 0 Å². The molecule has 21 heavy (non-hydrogen) atoms. The molecule has 0 aliphatic heterocycles. The van der Waals surface area contributed by atoms with Crippen molar-refractivity contribution in [2.24, 2.45) is 16.5 Å². The second kappa shape index (κ2) is 7.44. The molecule has 0 amide bonds. The van der Waals surface area contributed by atoms with Crippen molar-refractivity contribution < 1.29 is 0 Å². The normalized spacial score (nSPS) is 9.43. The Kier molecular flexibility index (Phi) is 5.33. The molecule has 1 aromatic heterocycles. The SMILES string of the molecule is NCc1cc(C#Cc2ccc(N=C=S)cc2)cc(CN)n1. The van der Waals surface area contributed by atoms with Crippen molar-refractivity contribution in [1.29, 1.82) is 0 Å². The lowest BCUT2D eigenvalue weighted by molar-refractivity contribution is 0.914. The molecule has 0 radical (unpaired) electrons. The summed E-state index contributed by atoms with van der Waals surface area (Å²) in [4.78, 5) is 8.20. The highest BCUT2D eigenvalue weighted by Crippen LogP contribution is 2.12. The van der Waals surface area contributed by atoms with E-state index in [1.54, 1.807) is 0 Å². The molecular formula is C16H14N4S. The molecule has 0 aliphatic rings. The molecular weight excluding hydrogens is 280 g/mol. The molecule has 5 heteroatoms. The van der Waals surface area contributed by atoms with Crippen LogP contribution in [0.5, 0.6) is 0 Å². The van der Waals surface area contributed by atoms with E-state index >= 15 is 0 Å². The van der Waals surface area contributed by atoms with Crippen LogP contribution in [0.25, 0.3) is 0 Å². The van der Waals surface area contributed by atoms with E-state index in [4.69, 9.17) is 11.5 Å². The van der Waals surface area contributed by atoms with Crippen LogP contribution in [0.2, 0.25) is 0 Å². The molecule has 1 aromatic carbocycles. The van der Waals surface area contributed by atoms with Gasteiger partial charge in [-0.3, -0.25) is 4.98 Å². The van der Waals surface area contributed by atoms with E-state index in [0.717, 1.165) is 28.2 Å². The van der Waals surface area contributed by atoms with Gasteiger partial charge in [0.05, 0.1) is 22.2 Å². The number of aliphatic imine (C=N–C) groups is 1. The van der Waals surface area contributed by atoms with Crippen LogP contribution in [0.4, 0.5) is 5.69 Å². The Labute approximate surface area is 128 Å². The summed E-state index contributed by atoms with van der Waals surface area (Å²) in [6, 6.07) is 11.2. The molecule has 2 rings (SSSR count). The summed E-state index contributed by atoms with van der Waals surface area (Å²) in [7, 11) is 0. The zero-order valence-corrected chi connectivity index (χ0v) is 12.2. The highest BCUT2D eigenvalue weighted by Gasteiger charge is 1.99. The minimum absolute atomic E-state index is 0.368. The Balaban J connectivity index is 2.27.